The molecule has 5 rings (SSSR count). The van der Waals surface area contributed by atoms with Crippen LogP contribution >= 0.6 is 15.8 Å². The van der Waals surface area contributed by atoms with E-state index in [4.69, 9.17) is 0 Å². The number of rotatable bonds is 6. The molecule has 0 radical (unpaired) electrons. The average molecular weight is 433 g/mol. The lowest BCUT2D eigenvalue weighted by Gasteiger charge is -2.26. The van der Waals surface area contributed by atoms with Gasteiger partial charge in [-0.15, -0.1) is 5.31 Å². The van der Waals surface area contributed by atoms with E-state index < -0.39 is 15.8 Å². The minimum atomic E-state index is -0.602. The van der Waals surface area contributed by atoms with Gasteiger partial charge in [-0.05, 0) is 29.1 Å². The van der Waals surface area contributed by atoms with Crippen molar-refractivity contribution in [3.05, 3.63) is 144 Å². The standard InChI is InChI=1S/C29H23P2/c1-5-13-24(14-6-1)30(25-15-7-2-8-16-25)28-21-22-29(23-28)31(26-17-9-3-10-18-26)27-19-11-4-12-20-27/h1-21H,22H2/q-1. The maximum Gasteiger partial charge on any atom is -0.0169 e. The SMILES string of the molecule is [C-]1=C(P(c2ccccc2)c2ccccc2)CC=C1P(c1ccccc1)c1ccccc1. The first-order chi connectivity index (χ1) is 15.4. The zero-order valence-corrected chi connectivity index (χ0v) is 19.0. The summed E-state index contributed by atoms with van der Waals surface area (Å²) in [5, 5.41) is 8.32. The van der Waals surface area contributed by atoms with Crippen LogP contribution in [0.3, 0.4) is 0 Å². The van der Waals surface area contributed by atoms with Gasteiger partial charge in [0.05, 0.1) is 0 Å². The third-order valence-corrected chi connectivity index (χ3v) is 10.2. The van der Waals surface area contributed by atoms with Crippen LogP contribution in [0.1, 0.15) is 6.42 Å². The third-order valence-electron chi connectivity index (χ3n) is 5.33. The van der Waals surface area contributed by atoms with Crippen molar-refractivity contribution in [2.45, 2.75) is 6.42 Å². The molecule has 0 atom stereocenters. The minimum Gasteiger partial charge on any atom is -0.239 e. The molecule has 0 saturated heterocycles. The molecular formula is C29H23P2-. The molecule has 2 heteroatoms. The van der Waals surface area contributed by atoms with E-state index >= 15 is 0 Å². The second-order valence-corrected chi connectivity index (χ2v) is 11.8. The van der Waals surface area contributed by atoms with Crippen molar-refractivity contribution in [1.29, 1.82) is 0 Å². The van der Waals surface area contributed by atoms with Crippen LogP contribution in [0.4, 0.5) is 0 Å². The Morgan fingerprint density at radius 3 is 1.19 bits per heavy atom. The molecule has 1 aliphatic carbocycles. The Morgan fingerprint density at radius 2 is 0.806 bits per heavy atom. The smallest absolute Gasteiger partial charge is 0.0169 e. The molecule has 1 aliphatic rings. The highest BCUT2D eigenvalue weighted by Crippen LogP contribution is 2.53. The summed E-state index contributed by atoms with van der Waals surface area (Å²) >= 11 is 0. The van der Waals surface area contributed by atoms with Gasteiger partial charge in [-0.1, -0.05) is 136 Å². The summed E-state index contributed by atoms with van der Waals surface area (Å²) in [5.74, 6) is 0. The van der Waals surface area contributed by atoms with Gasteiger partial charge in [-0.25, -0.2) is 12.2 Å². The fraction of sp³-hybridized carbons (Fsp3) is 0.0345. The monoisotopic (exact) mass is 433 g/mol. The Kier molecular flexibility index (Phi) is 6.22. The molecule has 0 nitrogen and oxygen atoms in total. The fourth-order valence-electron chi connectivity index (χ4n) is 3.93. The highest BCUT2D eigenvalue weighted by molar-refractivity contribution is 7.78. The quantitative estimate of drug-likeness (QED) is 0.250. The molecule has 0 fully saturated rings. The molecule has 0 N–H and O–H groups in total. The van der Waals surface area contributed by atoms with Crippen molar-refractivity contribution < 1.29 is 0 Å². The first-order valence-corrected chi connectivity index (χ1v) is 13.2. The van der Waals surface area contributed by atoms with Crippen molar-refractivity contribution in [2.24, 2.45) is 0 Å². The molecule has 150 valence electrons. The molecule has 4 aromatic rings. The van der Waals surface area contributed by atoms with E-state index in [2.05, 4.69) is 133 Å². The van der Waals surface area contributed by atoms with Crippen molar-refractivity contribution in [3.63, 3.8) is 0 Å². The second kappa shape index (κ2) is 9.57. The van der Waals surface area contributed by atoms with Crippen LogP contribution in [0.25, 0.3) is 0 Å². The van der Waals surface area contributed by atoms with Crippen LogP contribution < -0.4 is 21.2 Å². The largest absolute Gasteiger partial charge is 0.239 e. The Hall–Kier alpha value is -2.78. The van der Waals surface area contributed by atoms with Gasteiger partial charge in [0, 0.05) is 0 Å². The Bertz CT molecular complexity index is 1100. The van der Waals surface area contributed by atoms with Crippen molar-refractivity contribution in [3.8, 4) is 0 Å². The van der Waals surface area contributed by atoms with E-state index in [1.165, 1.54) is 31.8 Å². The lowest BCUT2D eigenvalue weighted by atomic mass is 10.4. The van der Waals surface area contributed by atoms with Gasteiger partial charge in [0.25, 0.3) is 0 Å². The van der Waals surface area contributed by atoms with Crippen LogP contribution in [-0.4, -0.2) is 0 Å². The van der Waals surface area contributed by atoms with Gasteiger partial charge in [-0.2, -0.15) is 5.31 Å². The topological polar surface area (TPSA) is 0 Å². The summed E-state index contributed by atoms with van der Waals surface area (Å²) in [6.07, 6.45) is 7.31. The Labute approximate surface area is 187 Å². The highest BCUT2D eigenvalue weighted by atomic mass is 31.1. The maximum atomic E-state index is 3.92. The maximum absolute atomic E-state index is 3.92. The first kappa shape index (κ1) is 20.1. The first-order valence-electron chi connectivity index (χ1n) is 10.5. The molecule has 0 aliphatic heterocycles. The number of hydrogen-bond acceptors (Lipinski definition) is 0. The highest BCUT2D eigenvalue weighted by Gasteiger charge is 2.19. The number of hydrogen-bond donors (Lipinski definition) is 0. The lowest BCUT2D eigenvalue weighted by molar-refractivity contribution is 1.40. The molecule has 4 aromatic carbocycles. The van der Waals surface area contributed by atoms with Gasteiger partial charge >= 0.3 is 0 Å². The average Bonchev–Trinajstić information content (AvgIpc) is 3.31. The summed E-state index contributed by atoms with van der Waals surface area (Å²) in [4.78, 5) is 0. The summed E-state index contributed by atoms with van der Waals surface area (Å²) in [6, 6.07) is 43.7. The van der Waals surface area contributed by atoms with Crippen LogP contribution in [0.5, 0.6) is 0 Å². The lowest BCUT2D eigenvalue weighted by Crippen LogP contribution is -2.13. The molecule has 0 spiro atoms. The normalized spacial score (nSPS) is 13.4. The molecule has 0 bridgehead atoms. The molecule has 0 unspecified atom stereocenters. The van der Waals surface area contributed by atoms with Gasteiger partial charge in [-0.3, -0.25) is 0 Å². The summed E-state index contributed by atoms with van der Waals surface area (Å²) in [5.41, 5.74) is 0. The molecule has 0 heterocycles. The zero-order valence-electron chi connectivity index (χ0n) is 17.2. The Morgan fingerprint density at radius 1 is 0.452 bits per heavy atom. The molecule has 31 heavy (non-hydrogen) atoms. The predicted molar refractivity (Wildman–Crippen MR) is 138 cm³/mol. The van der Waals surface area contributed by atoms with E-state index in [1.807, 2.05) is 0 Å². The minimum absolute atomic E-state index is 0.577. The summed E-state index contributed by atoms with van der Waals surface area (Å²) < 4.78 is 0. The zero-order chi connectivity index (χ0) is 20.9. The van der Waals surface area contributed by atoms with Crippen LogP contribution in [0.2, 0.25) is 0 Å². The van der Waals surface area contributed by atoms with Gasteiger partial charge < -0.3 is 0 Å². The van der Waals surface area contributed by atoms with Gasteiger partial charge in [0.1, 0.15) is 0 Å². The van der Waals surface area contributed by atoms with E-state index in [0.717, 1.165) is 6.42 Å². The summed E-state index contributed by atoms with van der Waals surface area (Å²) in [7, 11) is -1.18. The van der Waals surface area contributed by atoms with Gasteiger partial charge in [0.15, 0.2) is 0 Å². The summed E-state index contributed by atoms with van der Waals surface area (Å²) in [6.45, 7) is 0. The molecular weight excluding hydrogens is 410 g/mol. The fourth-order valence-corrected chi connectivity index (χ4v) is 8.71. The van der Waals surface area contributed by atoms with Crippen LogP contribution in [0, 0.1) is 6.08 Å². The third kappa shape index (κ3) is 4.47. The van der Waals surface area contributed by atoms with Crippen molar-refractivity contribution in [1.82, 2.24) is 0 Å². The van der Waals surface area contributed by atoms with E-state index in [9.17, 15) is 0 Å². The van der Waals surface area contributed by atoms with Crippen LogP contribution in [0.15, 0.2) is 138 Å². The number of benzene rings is 4. The van der Waals surface area contributed by atoms with E-state index in [1.54, 1.807) is 0 Å². The number of allylic oxidation sites excluding steroid dienone is 4. The molecule has 0 amide bonds. The second-order valence-electron chi connectivity index (χ2n) is 7.38. The van der Waals surface area contributed by atoms with Crippen molar-refractivity contribution in [2.75, 3.05) is 0 Å². The van der Waals surface area contributed by atoms with Gasteiger partial charge in [0.2, 0.25) is 0 Å². The molecule has 0 aromatic heterocycles. The van der Waals surface area contributed by atoms with Crippen molar-refractivity contribution >= 4 is 37.1 Å². The van der Waals surface area contributed by atoms with E-state index in [-0.39, 0.29) is 0 Å². The molecule has 0 saturated carbocycles. The van der Waals surface area contributed by atoms with E-state index in [0.29, 0.717) is 0 Å². The van der Waals surface area contributed by atoms with Crippen LogP contribution in [-0.2, 0) is 0 Å². The Balaban J connectivity index is 1.57. The predicted octanol–water partition coefficient (Wildman–Crippen LogP) is 6.23.